The van der Waals surface area contributed by atoms with Crippen molar-refractivity contribution in [1.29, 1.82) is 0 Å². The second-order valence-corrected chi connectivity index (χ2v) is 3.35. The summed E-state index contributed by atoms with van der Waals surface area (Å²) in [6.45, 7) is 4.21. The predicted molar refractivity (Wildman–Crippen MR) is 46.0 cm³/mol. The maximum atomic E-state index is 11.2. The summed E-state index contributed by atoms with van der Waals surface area (Å²) >= 11 is 0. The van der Waals surface area contributed by atoms with E-state index in [1.807, 2.05) is 19.2 Å². The molecule has 0 saturated carbocycles. The molecular weight excluding hydrogens is 184 g/mol. The molecule has 0 aliphatic carbocycles. The van der Waals surface area contributed by atoms with Crippen molar-refractivity contribution >= 4 is 5.91 Å². The molecule has 0 spiro atoms. The molecule has 1 fully saturated rings. The fourth-order valence-electron chi connectivity index (χ4n) is 1.51. The second kappa shape index (κ2) is 3.42. The first kappa shape index (κ1) is 9.21. The fraction of sp³-hybridized carbons (Fsp3) is 0.556. The number of amides is 1. The fourth-order valence-corrected chi connectivity index (χ4v) is 1.51. The van der Waals surface area contributed by atoms with Crippen LogP contribution in [0.25, 0.3) is 0 Å². The molecule has 1 amide bonds. The first-order valence-electron chi connectivity index (χ1n) is 4.51. The first-order chi connectivity index (χ1) is 6.68. The smallest absolute Gasteiger partial charge is 0.304 e. The van der Waals surface area contributed by atoms with Gasteiger partial charge in [0.25, 0.3) is 0 Å². The van der Waals surface area contributed by atoms with Crippen molar-refractivity contribution in [2.45, 2.75) is 20.0 Å². The molecule has 0 N–H and O–H groups in total. The Morgan fingerprint density at radius 1 is 1.71 bits per heavy atom. The molecule has 2 rings (SSSR count). The lowest BCUT2D eigenvalue weighted by atomic mass is 10.4. The Morgan fingerprint density at radius 2 is 2.50 bits per heavy atom. The summed E-state index contributed by atoms with van der Waals surface area (Å²) in [5, 5.41) is 0. The Labute approximate surface area is 81.8 Å². The summed E-state index contributed by atoms with van der Waals surface area (Å²) in [6, 6.07) is 1.86. The topological polar surface area (TPSA) is 46.6 Å². The van der Waals surface area contributed by atoms with E-state index in [2.05, 4.69) is 0 Å². The Morgan fingerprint density at radius 3 is 3.07 bits per heavy atom. The molecule has 1 aromatic rings. The molecular formula is C9H13N2O3+. The maximum Gasteiger partial charge on any atom is 0.304 e. The highest BCUT2D eigenvalue weighted by molar-refractivity contribution is 5.73. The van der Waals surface area contributed by atoms with Gasteiger partial charge in [-0.3, -0.25) is 9.69 Å². The van der Waals surface area contributed by atoms with Crippen LogP contribution in [0.5, 0.6) is 0 Å². The van der Waals surface area contributed by atoms with Crippen LogP contribution in [0.4, 0.5) is 0 Å². The number of ether oxygens (including phenoxy) is 1. The summed E-state index contributed by atoms with van der Waals surface area (Å²) < 4.78 is 12.3. The Kier molecular flexibility index (Phi) is 2.25. The monoisotopic (exact) mass is 197 g/mol. The Bertz CT molecular complexity index is 348. The van der Waals surface area contributed by atoms with Crippen LogP contribution in [0.2, 0.25) is 0 Å². The van der Waals surface area contributed by atoms with Crippen molar-refractivity contribution in [3.63, 3.8) is 0 Å². The Hall–Kier alpha value is -1.36. The van der Waals surface area contributed by atoms with E-state index in [0.717, 1.165) is 5.76 Å². The highest BCUT2D eigenvalue weighted by Gasteiger charge is 2.37. The van der Waals surface area contributed by atoms with Gasteiger partial charge in [-0.15, -0.1) is 0 Å². The summed E-state index contributed by atoms with van der Waals surface area (Å²) in [6.07, 6.45) is 1.67. The lowest BCUT2D eigenvalue weighted by Gasteiger charge is -2.12. The number of carbonyl (C=O) groups excluding carboxylic acids is 1. The van der Waals surface area contributed by atoms with Crippen molar-refractivity contribution in [3.8, 4) is 0 Å². The number of aryl methyl sites for hydroxylation is 1. The quantitative estimate of drug-likeness (QED) is 0.605. The minimum atomic E-state index is -0.138. The zero-order valence-electron chi connectivity index (χ0n) is 8.27. The molecule has 5 heteroatoms. The van der Waals surface area contributed by atoms with Crippen molar-refractivity contribution in [2.24, 2.45) is 0 Å². The van der Waals surface area contributed by atoms with E-state index < -0.39 is 0 Å². The van der Waals surface area contributed by atoms with Crippen molar-refractivity contribution in [2.75, 3.05) is 13.3 Å². The molecule has 1 aliphatic heterocycles. The summed E-state index contributed by atoms with van der Waals surface area (Å²) in [4.78, 5) is 12.9. The van der Waals surface area contributed by atoms with E-state index in [1.54, 1.807) is 9.64 Å². The zero-order valence-corrected chi connectivity index (χ0v) is 8.27. The molecule has 0 bridgehead atoms. The van der Waals surface area contributed by atoms with Gasteiger partial charge in [-0.2, -0.15) is 0 Å². The third kappa shape index (κ3) is 1.50. The molecule has 1 saturated heterocycles. The number of rotatable bonds is 1. The number of aromatic nitrogens is 1. The first-order valence-corrected chi connectivity index (χ1v) is 4.51. The summed E-state index contributed by atoms with van der Waals surface area (Å²) in [7, 11) is 0. The second-order valence-electron chi connectivity index (χ2n) is 3.35. The van der Waals surface area contributed by atoms with Gasteiger partial charge in [-0.05, 0) is 0 Å². The van der Waals surface area contributed by atoms with Crippen LogP contribution in [0.1, 0.15) is 18.8 Å². The van der Waals surface area contributed by atoms with Crippen LogP contribution in [-0.2, 0) is 9.53 Å². The van der Waals surface area contributed by atoms with Gasteiger partial charge in [0.1, 0.15) is 13.3 Å². The SMILES string of the molecule is CC(=O)N1COCC1[n+]1ccc(C)o1. The average Bonchev–Trinajstić information content (AvgIpc) is 2.70. The molecule has 2 heterocycles. The summed E-state index contributed by atoms with van der Waals surface area (Å²) in [5.74, 6) is 0.814. The van der Waals surface area contributed by atoms with Gasteiger partial charge in [0, 0.05) is 18.6 Å². The van der Waals surface area contributed by atoms with Crippen LogP contribution >= 0.6 is 0 Å². The number of hydrogen-bond acceptors (Lipinski definition) is 3. The van der Waals surface area contributed by atoms with Crippen LogP contribution in [0.15, 0.2) is 16.8 Å². The van der Waals surface area contributed by atoms with E-state index >= 15 is 0 Å². The van der Waals surface area contributed by atoms with Gasteiger partial charge in [0.05, 0.1) is 6.07 Å². The van der Waals surface area contributed by atoms with Crippen molar-refractivity contribution in [1.82, 2.24) is 4.90 Å². The lowest BCUT2D eigenvalue weighted by molar-refractivity contribution is -0.892. The van der Waals surface area contributed by atoms with Gasteiger partial charge < -0.3 is 4.74 Å². The van der Waals surface area contributed by atoms with Gasteiger partial charge in [-0.1, -0.05) is 0 Å². The predicted octanol–water partition coefficient (Wildman–Crippen LogP) is 0.210. The zero-order chi connectivity index (χ0) is 10.1. The summed E-state index contributed by atoms with van der Waals surface area (Å²) in [5.41, 5.74) is 0. The van der Waals surface area contributed by atoms with Crippen LogP contribution in [0.3, 0.4) is 0 Å². The number of carbonyl (C=O) groups is 1. The van der Waals surface area contributed by atoms with Crippen molar-refractivity contribution < 1.29 is 18.8 Å². The largest absolute Gasteiger partial charge is 0.351 e. The molecule has 1 unspecified atom stereocenters. The minimum absolute atomic E-state index is 0.00551. The molecule has 14 heavy (non-hydrogen) atoms. The molecule has 1 aromatic heterocycles. The van der Waals surface area contributed by atoms with E-state index in [9.17, 15) is 4.79 Å². The standard InChI is InChI=1S/C9H13N2O3/c1-7-3-4-11(14-7)9-5-13-6-10(9)8(2)12/h3-4,9H,5-6H2,1-2H3/q+1. The minimum Gasteiger partial charge on any atom is -0.351 e. The van der Waals surface area contributed by atoms with E-state index in [0.29, 0.717) is 13.3 Å². The number of hydrogen-bond donors (Lipinski definition) is 0. The molecule has 0 radical (unpaired) electrons. The molecule has 76 valence electrons. The van der Waals surface area contributed by atoms with Gasteiger partial charge in [0.2, 0.25) is 12.1 Å². The van der Waals surface area contributed by atoms with Gasteiger partial charge >= 0.3 is 6.17 Å². The lowest BCUT2D eigenvalue weighted by Crippen LogP contribution is -2.47. The highest BCUT2D eigenvalue weighted by atomic mass is 16.5. The molecule has 1 aliphatic rings. The molecule has 5 nitrogen and oxygen atoms in total. The van der Waals surface area contributed by atoms with E-state index in [4.69, 9.17) is 9.26 Å². The van der Waals surface area contributed by atoms with E-state index in [-0.39, 0.29) is 12.1 Å². The third-order valence-electron chi connectivity index (χ3n) is 2.26. The van der Waals surface area contributed by atoms with Crippen LogP contribution in [0, 0.1) is 6.92 Å². The molecule has 1 atom stereocenters. The maximum absolute atomic E-state index is 11.2. The van der Waals surface area contributed by atoms with E-state index in [1.165, 1.54) is 6.92 Å². The van der Waals surface area contributed by atoms with Crippen LogP contribution < -0.4 is 4.74 Å². The number of nitrogens with zero attached hydrogens (tertiary/aromatic N) is 2. The highest BCUT2D eigenvalue weighted by Crippen LogP contribution is 2.14. The third-order valence-corrected chi connectivity index (χ3v) is 2.26. The Balaban J connectivity index is 2.21. The normalized spacial score (nSPS) is 21.6. The van der Waals surface area contributed by atoms with Gasteiger partial charge in [-0.25, -0.2) is 4.52 Å². The average molecular weight is 197 g/mol. The molecule has 0 aromatic carbocycles. The van der Waals surface area contributed by atoms with Crippen molar-refractivity contribution in [3.05, 3.63) is 18.0 Å². The van der Waals surface area contributed by atoms with Crippen LogP contribution in [-0.4, -0.2) is 24.1 Å². The van der Waals surface area contributed by atoms with Gasteiger partial charge in [0.15, 0.2) is 5.76 Å².